The highest BCUT2D eigenvalue weighted by molar-refractivity contribution is 6.35. The third-order valence-electron chi connectivity index (χ3n) is 3.30. The van der Waals surface area contributed by atoms with Gasteiger partial charge in [0, 0.05) is 28.7 Å². The van der Waals surface area contributed by atoms with Crippen LogP contribution in [0.5, 0.6) is 11.5 Å². The average molecular weight is 324 g/mol. The minimum atomic E-state index is 0.596. The van der Waals surface area contributed by atoms with Crippen molar-refractivity contribution in [3.8, 4) is 11.5 Å². The summed E-state index contributed by atoms with van der Waals surface area (Å²) in [6.45, 7) is 2.53. The fourth-order valence-corrected chi connectivity index (χ4v) is 2.76. The first kappa shape index (κ1) is 14.5. The van der Waals surface area contributed by atoms with Gasteiger partial charge in [-0.25, -0.2) is 0 Å². The molecule has 1 aliphatic rings. The van der Waals surface area contributed by atoms with Crippen LogP contribution in [0.3, 0.4) is 0 Å². The summed E-state index contributed by atoms with van der Waals surface area (Å²) < 4.78 is 11.1. The van der Waals surface area contributed by atoms with Crippen LogP contribution in [0, 0.1) is 0 Å². The van der Waals surface area contributed by atoms with Crippen molar-refractivity contribution in [1.29, 1.82) is 0 Å². The largest absolute Gasteiger partial charge is 0.486 e. The van der Waals surface area contributed by atoms with Gasteiger partial charge in [-0.15, -0.1) is 0 Å². The molecule has 2 aromatic carbocycles. The van der Waals surface area contributed by atoms with E-state index in [1.807, 2.05) is 36.4 Å². The van der Waals surface area contributed by atoms with E-state index in [4.69, 9.17) is 32.7 Å². The average Bonchev–Trinajstić information content (AvgIpc) is 2.50. The van der Waals surface area contributed by atoms with Gasteiger partial charge >= 0.3 is 0 Å². The molecule has 0 spiro atoms. The molecule has 0 saturated heterocycles. The number of ether oxygens (including phenoxy) is 2. The maximum absolute atomic E-state index is 6.15. The Morgan fingerprint density at radius 1 is 0.905 bits per heavy atom. The molecule has 21 heavy (non-hydrogen) atoms. The van der Waals surface area contributed by atoms with Crippen LogP contribution < -0.4 is 14.8 Å². The Kier molecular flexibility index (Phi) is 4.54. The van der Waals surface area contributed by atoms with Crippen LogP contribution in [-0.2, 0) is 13.1 Å². The molecule has 0 fully saturated rings. The Morgan fingerprint density at radius 2 is 1.62 bits per heavy atom. The molecule has 2 aromatic rings. The minimum absolute atomic E-state index is 0.596. The molecule has 0 saturated carbocycles. The fraction of sp³-hybridized carbons (Fsp3) is 0.250. The minimum Gasteiger partial charge on any atom is -0.486 e. The first-order chi connectivity index (χ1) is 10.2. The van der Waals surface area contributed by atoms with Gasteiger partial charge in [0.1, 0.15) is 13.2 Å². The summed E-state index contributed by atoms with van der Waals surface area (Å²) in [5.74, 6) is 1.61. The Balaban J connectivity index is 1.63. The van der Waals surface area contributed by atoms with Gasteiger partial charge in [0.2, 0.25) is 0 Å². The Hall–Kier alpha value is -1.42. The molecule has 3 rings (SSSR count). The molecule has 0 atom stereocenters. The van der Waals surface area contributed by atoms with Gasteiger partial charge in [0.15, 0.2) is 11.5 Å². The van der Waals surface area contributed by atoms with Gasteiger partial charge in [0.25, 0.3) is 0 Å². The summed E-state index contributed by atoms with van der Waals surface area (Å²) in [5, 5.41) is 4.70. The second-order valence-corrected chi connectivity index (χ2v) is 5.60. The van der Waals surface area contributed by atoms with Gasteiger partial charge < -0.3 is 14.8 Å². The van der Waals surface area contributed by atoms with Gasteiger partial charge in [-0.05, 0) is 29.8 Å². The topological polar surface area (TPSA) is 30.5 Å². The van der Waals surface area contributed by atoms with E-state index >= 15 is 0 Å². The zero-order valence-corrected chi connectivity index (χ0v) is 12.9. The molecule has 0 bridgehead atoms. The van der Waals surface area contributed by atoms with E-state index in [9.17, 15) is 0 Å². The number of fused-ring (bicyclic) bond motifs is 1. The van der Waals surface area contributed by atoms with Crippen molar-refractivity contribution >= 4 is 23.2 Å². The van der Waals surface area contributed by atoms with Crippen LogP contribution in [0.1, 0.15) is 11.1 Å². The van der Waals surface area contributed by atoms with E-state index in [1.54, 1.807) is 0 Å². The number of nitrogens with one attached hydrogen (secondary N) is 1. The number of rotatable bonds is 4. The summed E-state index contributed by atoms with van der Waals surface area (Å²) in [5.41, 5.74) is 2.04. The molecule has 5 heteroatoms. The maximum atomic E-state index is 6.15. The summed E-state index contributed by atoms with van der Waals surface area (Å²) in [6.07, 6.45) is 0. The summed E-state index contributed by atoms with van der Waals surface area (Å²) in [4.78, 5) is 0. The van der Waals surface area contributed by atoms with E-state index in [0.29, 0.717) is 36.3 Å². The molecular formula is C16H15Cl2NO2. The van der Waals surface area contributed by atoms with E-state index in [-0.39, 0.29) is 0 Å². The number of hydrogen-bond acceptors (Lipinski definition) is 3. The number of benzene rings is 2. The predicted octanol–water partition coefficient (Wildman–Crippen LogP) is 4.05. The van der Waals surface area contributed by atoms with E-state index in [0.717, 1.165) is 22.6 Å². The lowest BCUT2D eigenvalue weighted by Gasteiger charge is -2.19. The van der Waals surface area contributed by atoms with Gasteiger partial charge in [-0.3, -0.25) is 0 Å². The van der Waals surface area contributed by atoms with Gasteiger partial charge in [0.05, 0.1) is 0 Å². The predicted molar refractivity (Wildman–Crippen MR) is 84.4 cm³/mol. The maximum Gasteiger partial charge on any atom is 0.161 e. The van der Waals surface area contributed by atoms with E-state index < -0.39 is 0 Å². The van der Waals surface area contributed by atoms with Crippen molar-refractivity contribution in [1.82, 2.24) is 5.32 Å². The molecule has 1 heterocycles. The molecule has 0 amide bonds. The SMILES string of the molecule is Clc1cccc(Cl)c1CNCc1ccc2c(c1)OCCO2. The van der Waals surface area contributed by atoms with Crippen molar-refractivity contribution in [2.45, 2.75) is 13.1 Å². The molecule has 0 aliphatic carbocycles. The van der Waals surface area contributed by atoms with Crippen LogP contribution in [0.4, 0.5) is 0 Å². The normalized spacial score (nSPS) is 13.2. The first-order valence-electron chi connectivity index (χ1n) is 6.76. The lowest BCUT2D eigenvalue weighted by Crippen LogP contribution is -2.17. The van der Waals surface area contributed by atoms with E-state index in [2.05, 4.69) is 5.32 Å². The van der Waals surface area contributed by atoms with Crippen LogP contribution in [0.2, 0.25) is 10.0 Å². The highest BCUT2D eigenvalue weighted by Crippen LogP contribution is 2.30. The second kappa shape index (κ2) is 6.56. The summed E-state index contributed by atoms with van der Waals surface area (Å²) >= 11 is 12.3. The van der Waals surface area contributed by atoms with Crippen molar-refractivity contribution in [2.24, 2.45) is 0 Å². The van der Waals surface area contributed by atoms with Crippen molar-refractivity contribution in [3.05, 3.63) is 57.6 Å². The molecule has 110 valence electrons. The third-order valence-corrected chi connectivity index (χ3v) is 4.01. The third kappa shape index (κ3) is 3.43. The van der Waals surface area contributed by atoms with Crippen LogP contribution in [0.25, 0.3) is 0 Å². The molecule has 1 N–H and O–H groups in total. The van der Waals surface area contributed by atoms with Crippen molar-refractivity contribution in [3.63, 3.8) is 0 Å². The summed E-state index contributed by atoms with van der Waals surface area (Å²) in [6, 6.07) is 11.5. The molecule has 3 nitrogen and oxygen atoms in total. The Bertz CT molecular complexity index is 626. The first-order valence-corrected chi connectivity index (χ1v) is 7.52. The Labute approximate surface area is 133 Å². The summed E-state index contributed by atoms with van der Waals surface area (Å²) in [7, 11) is 0. The monoisotopic (exact) mass is 323 g/mol. The van der Waals surface area contributed by atoms with E-state index in [1.165, 1.54) is 0 Å². The second-order valence-electron chi connectivity index (χ2n) is 4.78. The molecule has 0 aromatic heterocycles. The van der Waals surface area contributed by atoms with Gasteiger partial charge in [-0.1, -0.05) is 35.3 Å². The molecule has 1 aliphatic heterocycles. The lowest BCUT2D eigenvalue weighted by atomic mass is 10.1. The molecule has 0 unspecified atom stereocenters. The molecular weight excluding hydrogens is 309 g/mol. The zero-order chi connectivity index (χ0) is 14.7. The van der Waals surface area contributed by atoms with Crippen molar-refractivity contribution in [2.75, 3.05) is 13.2 Å². The number of hydrogen-bond donors (Lipinski definition) is 1. The lowest BCUT2D eigenvalue weighted by molar-refractivity contribution is 0.171. The highest BCUT2D eigenvalue weighted by atomic mass is 35.5. The van der Waals surface area contributed by atoms with Crippen LogP contribution >= 0.6 is 23.2 Å². The molecule has 0 radical (unpaired) electrons. The standard InChI is InChI=1S/C16H15Cl2NO2/c17-13-2-1-3-14(18)12(13)10-19-9-11-4-5-15-16(8-11)21-7-6-20-15/h1-5,8,19H,6-7,9-10H2. The van der Waals surface area contributed by atoms with Crippen LogP contribution in [0.15, 0.2) is 36.4 Å². The quantitative estimate of drug-likeness (QED) is 0.920. The highest BCUT2D eigenvalue weighted by Gasteiger charge is 2.11. The number of halogens is 2. The van der Waals surface area contributed by atoms with Crippen LogP contribution in [-0.4, -0.2) is 13.2 Å². The fourth-order valence-electron chi connectivity index (χ4n) is 2.23. The Morgan fingerprint density at radius 3 is 2.38 bits per heavy atom. The zero-order valence-electron chi connectivity index (χ0n) is 11.4. The smallest absolute Gasteiger partial charge is 0.161 e. The van der Waals surface area contributed by atoms with Gasteiger partial charge in [-0.2, -0.15) is 0 Å². The van der Waals surface area contributed by atoms with Crippen molar-refractivity contribution < 1.29 is 9.47 Å².